The average Bonchev–Trinajstić information content (AvgIpc) is 2.75. The molecule has 2 amide bonds. The number of carbonyl (C=O) groups is 2. The zero-order chi connectivity index (χ0) is 15.1. The van der Waals surface area contributed by atoms with Crippen molar-refractivity contribution >= 4 is 11.8 Å². The molecule has 1 aliphatic rings. The van der Waals surface area contributed by atoms with Crippen molar-refractivity contribution in [2.24, 2.45) is 5.73 Å². The quantitative estimate of drug-likeness (QED) is 0.455. The lowest BCUT2D eigenvalue weighted by Gasteiger charge is -2.15. The van der Waals surface area contributed by atoms with E-state index in [4.69, 9.17) is 5.73 Å². The molecule has 0 aliphatic carbocycles. The molecule has 1 aromatic rings. The minimum absolute atomic E-state index is 0.272. The Morgan fingerprint density at radius 2 is 1.52 bits per heavy atom. The van der Waals surface area contributed by atoms with Crippen LogP contribution in [-0.2, 0) is 0 Å². The number of rotatable bonds is 9. The van der Waals surface area contributed by atoms with Gasteiger partial charge in [0, 0.05) is 6.54 Å². The van der Waals surface area contributed by atoms with E-state index in [1.165, 1.54) is 0 Å². The molecular weight excluding hydrogens is 268 g/mol. The van der Waals surface area contributed by atoms with E-state index < -0.39 is 0 Å². The molecule has 0 fully saturated rings. The highest BCUT2D eigenvalue weighted by Crippen LogP contribution is 2.20. The number of unbranched alkanes of at least 4 members (excludes halogenated alkanes) is 1. The second-order valence-corrected chi connectivity index (χ2v) is 5.00. The fourth-order valence-electron chi connectivity index (χ4n) is 2.26. The summed E-state index contributed by atoms with van der Waals surface area (Å²) in [5.74, 6) is -0.544. The van der Waals surface area contributed by atoms with Gasteiger partial charge in [0.2, 0.25) is 0 Å². The molecule has 0 radical (unpaired) electrons. The molecular formula is C15H22N4O2. The molecule has 6 heteroatoms. The molecule has 0 bridgehead atoms. The van der Waals surface area contributed by atoms with Gasteiger partial charge in [-0.1, -0.05) is 12.1 Å². The monoisotopic (exact) mass is 290 g/mol. The first kappa shape index (κ1) is 15.6. The van der Waals surface area contributed by atoms with E-state index in [1.54, 1.807) is 24.3 Å². The van der Waals surface area contributed by atoms with Crippen LogP contribution < -0.4 is 16.5 Å². The Kier molecular flexibility index (Phi) is 5.86. The standard InChI is InChI=1S/C15H22N4O2/c16-8-3-4-9-17-10-5-11-18-19-14(20)12-6-1-2-7-13(12)15(19)21/h1-2,6-7,17-18H,3-5,8-11,16H2. The van der Waals surface area contributed by atoms with Crippen molar-refractivity contribution in [2.75, 3.05) is 26.2 Å². The van der Waals surface area contributed by atoms with E-state index in [1.807, 2.05) is 0 Å². The normalized spacial score (nSPS) is 13.9. The van der Waals surface area contributed by atoms with E-state index in [0.29, 0.717) is 17.7 Å². The lowest BCUT2D eigenvalue weighted by atomic mass is 10.1. The predicted octanol–water partition coefficient (Wildman–Crippen LogP) is 0.506. The number of imide groups is 1. The Balaban J connectivity index is 1.69. The minimum atomic E-state index is -0.272. The number of hydrogen-bond acceptors (Lipinski definition) is 5. The number of nitrogens with zero attached hydrogens (tertiary/aromatic N) is 1. The van der Waals surface area contributed by atoms with Crippen LogP contribution in [0.1, 0.15) is 40.0 Å². The molecule has 0 unspecified atom stereocenters. The van der Waals surface area contributed by atoms with Crippen molar-refractivity contribution in [2.45, 2.75) is 19.3 Å². The van der Waals surface area contributed by atoms with Gasteiger partial charge in [0.25, 0.3) is 11.8 Å². The summed E-state index contributed by atoms with van der Waals surface area (Å²) in [7, 11) is 0. The lowest BCUT2D eigenvalue weighted by Crippen LogP contribution is -2.43. The van der Waals surface area contributed by atoms with Crippen LogP contribution in [0.2, 0.25) is 0 Å². The Bertz CT molecular complexity index is 469. The van der Waals surface area contributed by atoms with E-state index in [-0.39, 0.29) is 11.8 Å². The van der Waals surface area contributed by atoms with Crippen molar-refractivity contribution in [3.63, 3.8) is 0 Å². The molecule has 114 valence electrons. The van der Waals surface area contributed by atoms with Gasteiger partial charge >= 0.3 is 0 Å². The molecule has 1 aliphatic heterocycles. The number of hydrazine groups is 1. The molecule has 21 heavy (non-hydrogen) atoms. The van der Waals surface area contributed by atoms with E-state index in [9.17, 15) is 9.59 Å². The third-order valence-corrected chi connectivity index (χ3v) is 3.40. The molecule has 6 nitrogen and oxygen atoms in total. The predicted molar refractivity (Wildman–Crippen MR) is 80.7 cm³/mol. The highest BCUT2D eigenvalue weighted by Gasteiger charge is 2.34. The zero-order valence-electron chi connectivity index (χ0n) is 12.1. The van der Waals surface area contributed by atoms with Gasteiger partial charge in [-0.3, -0.25) is 9.59 Å². The number of hydrogen-bond donors (Lipinski definition) is 3. The first-order valence-electron chi connectivity index (χ1n) is 7.38. The third kappa shape index (κ3) is 3.87. The number of nitrogens with one attached hydrogen (secondary N) is 2. The van der Waals surface area contributed by atoms with Gasteiger partial charge in [-0.2, -0.15) is 0 Å². The summed E-state index contributed by atoms with van der Waals surface area (Å²) in [6, 6.07) is 6.88. The molecule has 0 aromatic heterocycles. The Morgan fingerprint density at radius 1 is 0.905 bits per heavy atom. The first-order valence-corrected chi connectivity index (χ1v) is 7.38. The van der Waals surface area contributed by atoms with Crippen LogP contribution in [0.4, 0.5) is 0 Å². The van der Waals surface area contributed by atoms with Crippen LogP contribution in [0.15, 0.2) is 24.3 Å². The number of fused-ring (bicyclic) bond motifs is 1. The summed E-state index contributed by atoms with van der Waals surface area (Å²) < 4.78 is 0. The third-order valence-electron chi connectivity index (χ3n) is 3.40. The number of carbonyl (C=O) groups excluding carboxylic acids is 2. The van der Waals surface area contributed by atoms with Crippen molar-refractivity contribution < 1.29 is 9.59 Å². The Morgan fingerprint density at radius 3 is 2.14 bits per heavy atom. The summed E-state index contributed by atoms with van der Waals surface area (Å²) in [4.78, 5) is 24.1. The van der Waals surface area contributed by atoms with Crippen LogP contribution in [0, 0.1) is 0 Å². The molecule has 1 heterocycles. The van der Waals surface area contributed by atoms with Crippen LogP contribution in [0.25, 0.3) is 0 Å². The maximum Gasteiger partial charge on any atom is 0.276 e. The maximum atomic E-state index is 12.1. The minimum Gasteiger partial charge on any atom is -0.330 e. The SMILES string of the molecule is NCCCCNCCCNN1C(=O)c2ccccc2C1=O. The highest BCUT2D eigenvalue weighted by molar-refractivity contribution is 6.20. The van der Waals surface area contributed by atoms with Crippen LogP contribution >= 0.6 is 0 Å². The summed E-state index contributed by atoms with van der Waals surface area (Å²) in [6.07, 6.45) is 2.94. The second-order valence-electron chi connectivity index (χ2n) is 5.00. The summed E-state index contributed by atoms with van der Waals surface area (Å²) >= 11 is 0. The summed E-state index contributed by atoms with van der Waals surface area (Å²) in [5.41, 5.74) is 9.26. The second kappa shape index (κ2) is 7.87. The first-order chi connectivity index (χ1) is 10.3. The van der Waals surface area contributed by atoms with Crippen molar-refractivity contribution in [1.29, 1.82) is 0 Å². The van der Waals surface area contributed by atoms with Gasteiger partial charge in [0.1, 0.15) is 0 Å². The Labute approximate surface area is 124 Å². The number of benzene rings is 1. The molecule has 2 rings (SSSR count). The van der Waals surface area contributed by atoms with Crippen LogP contribution in [-0.4, -0.2) is 43.0 Å². The molecule has 4 N–H and O–H groups in total. The number of nitrogens with two attached hydrogens (primary N) is 1. The van der Waals surface area contributed by atoms with E-state index in [0.717, 1.165) is 43.9 Å². The van der Waals surface area contributed by atoms with E-state index >= 15 is 0 Å². The smallest absolute Gasteiger partial charge is 0.276 e. The molecule has 0 saturated heterocycles. The Hall–Kier alpha value is -1.76. The van der Waals surface area contributed by atoms with Crippen LogP contribution in [0.5, 0.6) is 0 Å². The largest absolute Gasteiger partial charge is 0.330 e. The average molecular weight is 290 g/mol. The zero-order valence-corrected chi connectivity index (χ0v) is 12.1. The van der Waals surface area contributed by atoms with Gasteiger partial charge < -0.3 is 11.1 Å². The molecule has 1 aromatic carbocycles. The van der Waals surface area contributed by atoms with Gasteiger partial charge in [-0.15, -0.1) is 0 Å². The van der Waals surface area contributed by atoms with Gasteiger partial charge in [-0.05, 0) is 51.0 Å². The molecule has 0 atom stereocenters. The lowest BCUT2D eigenvalue weighted by molar-refractivity contribution is 0.0566. The van der Waals surface area contributed by atoms with Crippen molar-refractivity contribution in [1.82, 2.24) is 15.8 Å². The van der Waals surface area contributed by atoms with Crippen molar-refractivity contribution in [3.8, 4) is 0 Å². The van der Waals surface area contributed by atoms with Crippen molar-refractivity contribution in [3.05, 3.63) is 35.4 Å². The van der Waals surface area contributed by atoms with Gasteiger partial charge in [0.15, 0.2) is 0 Å². The summed E-state index contributed by atoms with van der Waals surface area (Å²) in [6.45, 7) is 3.10. The number of amides is 2. The topological polar surface area (TPSA) is 87.5 Å². The van der Waals surface area contributed by atoms with Crippen LogP contribution in [0.3, 0.4) is 0 Å². The van der Waals surface area contributed by atoms with Gasteiger partial charge in [0.05, 0.1) is 11.1 Å². The molecule has 0 spiro atoms. The van der Waals surface area contributed by atoms with E-state index in [2.05, 4.69) is 10.7 Å². The molecule has 0 saturated carbocycles. The van der Waals surface area contributed by atoms with Gasteiger partial charge in [-0.25, -0.2) is 10.4 Å². The highest BCUT2D eigenvalue weighted by atomic mass is 16.2. The fraction of sp³-hybridized carbons (Fsp3) is 0.467. The fourth-order valence-corrected chi connectivity index (χ4v) is 2.26. The maximum absolute atomic E-state index is 12.1. The summed E-state index contributed by atoms with van der Waals surface area (Å²) in [5, 5.41) is 4.41.